The highest BCUT2D eigenvalue weighted by molar-refractivity contribution is 4.86. The van der Waals surface area contributed by atoms with Crippen molar-refractivity contribution in [2.45, 2.75) is 70.9 Å². The van der Waals surface area contributed by atoms with Crippen molar-refractivity contribution in [1.29, 1.82) is 0 Å². The fourth-order valence-electron chi connectivity index (χ4n) is 2.56. The van der Waals surface area contributed by atoms with Crippen LogP contribution >= 0.6 is 0 Å². The zero-order valence-electron chi connectivity index (χ0n) is 10.6. The Kier molecular flexibility index (Phi) is 5.07. The van der Waals surface area contributed by atoms with Crippen molar-refractivity contribution in [1.82, 2.24) is 5.32 Å². The average Bonchev–Trinajstić information content (AvgIpc) is 2.19. The summed E-state index contributed by atoms with van der Waals surface area (Å²) in [5.41, 5.74) is -0.416. The SMILES string of the molecule is CC[C@@H](NCC1(O)CCCCC1)C(C)C. The molecule has 1 rings (SSSR count). The molecule has 0 aromatic heterocycles. The van der Waals surface area contributed by atoms with E-state index in [4.69, 9.17) is 0 Å². The second kappa shape index (κ2) is 5.86. The Hall–Kier alpha value is -0.0800. The van der Waals surface area contributed by atoms with Gasteiger partial charge in [0.15, 0.2) is 0 Å². The highest BCUT2D eigenvalue weighted by atomic mass is 16.3. The van der Waals surface area contributed by atoms with Crippen molar-refractivity contribution in [3.8, 4) is 0 Å². The molecular formula is C13H27NO. The average molecular weight is 213 g/mol. The Morgan fingerprint density at radius 2 is 1.80 bits per heavy atom. The zero-order chi connectivity index (χ0) is 11.3. The molecule has 0 radical (unpaired) electrons. The third-order valence-electron chi connectivity index (χ3n) is 3.72. The molecule has 1 aliphatic rings. The summed E-state index contributed by atoms with van der Waals surface area (Å²) in [6.45, 7) is 7.48. The smallest absolute Gasteiger partial charge is 0.0771 e. The van der Waals surface area contributed by atoms with E-state index in [0.29, 0.717) is 12.0 Å². The molecule has 1 aliphatic carbocycles. The van der Waals surface area contributed by atoms with E-state index < -0.39 is 5.60 Å². The van der Waals surface area contributed by atoms with Crippen LogP contribution in [0.5, 0.6) is 0 Å². The lowest BCUT2D eigenvalue weighted by Crippen LogP contribution is -2.46. The lowest BCUT2D eigenvalue weighted by atomic mass is 9.84. The Labute approximate surface area is 94.5 Å². The molecule has 1 atom stereocenters. The highest BCUT2D eigenvalue weighted by Gasteiger charge is 2.29. The number of hydrogen-bond acceptors (Lipinski definition) is 2. The van der Waals surface area contributed by atoms with E-state index in [2.05, 4.69) is 26.1 Å². The third-order valence-corrected chi connectivity index (χ3v) is 3.72. The van der Waals surface area contributed by atoms with E-state index >= 15 is 0 Å². The van der Waals surface area contributed by atoms with Crippen LogP contribution in [0.3, 0.4) is 0 Å². The topological polar surface area (TPSA) is 32.3 Å². The first-order chi connectivity index (χ1) is 7.07. The van der Waals surface area contributed by atoms with Crippen molar-refractivity contribution < 1.29 is 5.11 Å². The number of rotatable bonds is 5. The monoisotopic (exact) mass is 213 g/mol. The van der Waals surface area contributed by atoms with E-state index in [0.717, 1.165) is 25.8 Å². The molecule has 0 spiro atoms. The van der Waals surface area contributed by atoms with Gasteiger partial charge in [-0.3, -0.25) is 0 Å². The molecule has 90 valence electrons. The molecule has 2 nitrogen and oxygen atoms in total. The highest BCUT2D eigenvalue weighted by Crippen LogP contribution is 2.27. The summed E-state index contributed by atoms with van der Waals surface area (Å²) < 4.78 is 0. The summed E-state index contributed by atoms with van der Waals surface area (Å²) in [7, 11) is 0. The van der Waals surface area contributed by atoms with Crippen LogP contribution in [0.4, 0.5) is 0 Å². The lowest BCUT2D eigenvalue weighted by Gasteiger charge is -2.34. The Morgan fingerprint density at radius 3 is 2.27 bits per heavy atom. The van der Waals surface area contributed by atoms with E-state index in [9.17, 15) is 5.11 Å². The molecule has 2 heteroatoms. The van der Waals surface area contributed by atoms with Gasteiger partial charge in [-0.2, -0.15) is 0 Å². The molecule has 0 bridgehead atoms. The van der Waals surface area contributed by atoms with Gasteiger partial charge >= 0.3 is 0 Å². The number of aliphatic hydroxyl groups is 1. The molecular weight excluding hydrogens is 186 g/mol. The van der Waals surface area contributed by atoms with Gasteiger partial charge in [-0.15, -0.1) is 0 Å². The van der Waals surface area contributed by atoms with Gasteiger partial charge in [-0.25, -0.2) is 0 Å². The van der Waals surface area contributed by atoms with Crippen LogP contribution < -0.4 is 5.32 Å². The maximum absolute atomic E-state index is 10.3. The number of nitrogens with one attached hydrogen (secondary N) is 1. The minimum absolute atomic E-state index is 0.416. The third kappa shape index (κ3) is 4.12. The van der Waals surface area contributed by atoms with E-state index in [1.165, 1.54) is 19.3 Å². The molecule has 0 heterocycles. The van der Waals surface area contributed by atoms with Gasteiger partial charge < -0.3 is 10.4 Å². The van der Waals surface area contributed by atoms with Gasteiger partial charge in [0.05, 0.1) is 5.60 Å². The van der Waals surface area contributed by atoms with Crippen LogP contribution in [-0.2, 0) is 0 Å². The van der Waals surface area contributed by atoms with Crippen molar-refractivity contribution in [3.63, 3.8) is 0 Å². The molecule has 0 aromatic carbocycles. The molecule has 15 heavy (non-hydrogen) atoms. The molecule has 0 unspecified atom stereocenters. The molecule has 0 amide bonds. The summed E-state index contributed by atoms with van der Waals surface area (Å²) in [6.07, 6.45) is 6.79. The van der Waals surface area contributed by atoms with Gasteiger partial charge in [-0.1, -0.05) is 40.0 Å². The Morgan fingerprint density at radius 1 is 1.20 bits per heavy atom. The maximum Gasteiger partial charge on any atom is 0.0771 e. The van der Waals surface area contributed by atoms with E-state index in [-0.39, 0.29) is 0 Å². The molecule has 0 aliphatic heterocycles. The zero-order valence-corrected chi connectivity index (χ0v) is 10.6. The minimum Gasteiger partial charge on any atom is -0.389 e. The maximum atomic E-state index is 10.3. The van der Waals surface area contributed by atoms with E-state index in [1.807, 2.05) is 0 Å². The minimum atomic E-state index is -0.416. The van der Waals surface area contributed by atoms with Crippen LogP contribution in [-0.4, -0.2) is 23.3 Å². The number of hydrogen-bond donors (Lipinski definition) is 2. The second-order valence-electron chi connectivity index (χ2n) is 5.42. The van der Waals surface area contributed by atoms with Crippen LogP contribution in [0.15, 0.2) is 0 Å². The van der Waals surface area contributed by atoms with Gasteiger partial charge in [0.25, 0.3) is 0 Å². The Balaban J connectivity index is 2.33. The lowest BCUT2D eigenvalue weighted by molar-refractivity contribution is 0.00134. The van der Waals surface area contributed by atoms with Crippen LogP contribution in [0.2, 0.25) is 0 Å². The van der Waals surface area contributed by atoms with Crippen LogP contribution in [0.1, 0.15) is 59.3 Å². The summed E-state index contributed by atoms with van der Waals surface area (Å²) in [6, 6.07) is 0.552. The molecule has 2 N–H and O–H groups in total. The predicted molar refractivity (Wildman–Crippen MR) is 65.0 cm³/mol. The van der Waals surface area contributed by atoms with Crippen LogP contribution in [0.25, 0.3) is 0 Å². The van der Waals surface area contributed by atoms with Gasteiger partial charge in [0.1, 0.15) is 0 Å². The molecule has 1 saturated carbocycles. The quantitative estimate of drug-likeness (QED) is 0.736. The van der Waals surface area contributed by atoms with Gasteiger partial charge in [-0.05, 0) is 25.2 Å². The molecule has 0 aromatic rings. The fourth-order valence-corrected chi connectivity index (χ4v) is 2.56. The fraction of sp³-hybridized carbons (Fsp3) is 1.00. The standard InChI is InChI=1S/C13H27NO/c1-4-12(11(2)3)14-10-13(15)8-6-5-7-9-13/h11-12,14-15H,4-10H2,1-3H3/t12-/m1/s1. The van der Waals surface area contributed by atoms with E-state index in [1.54, 1.807) is 0 Å². The summed E-state index contributed by atoms with van der Waals surface area (Å²) in [5.74, 6) is 0.655. The van der Waals surface area contributed by atoms with Gasteiger partial charge in [0, 0.05) is 12.6 Å². The summed E-state index contributed by atoms with van der Waals surface area (Å²) in [4.78, 5) is 0. The molecule has 1 fully saturated rings. The predicted octanol–water partition coefficient (Wildman–Crippen LogP) is 2.71. The summed E-state index contributed by atoms with van der Waals surface area (Å²) >= 11 is 0. The Bertz CT molecular complexity index is 173. The first-order valence-corrected chi connectivity index (χ1v) is 6.53. The molecule has 0 saturated heterocycles. The largest absolute Gasteiger partial charge is 0.389 e. The summed E-state index contributed by atoms with van der Waals surface area (Å²) in [5, 5.41) is 13.9. The second-order valence-corrected chi connectivity index (χ2v) is 5.42. The first kappa shape index (κ1) is 13.0. The van der Waals surface area contributed by atoms with Crippen molar-refractivity contribution in [2.24, 2.45) is 5.92 Å². The van der Waals surface area contributed by atoms with Gasteiger partial charge in [0.2, 0.25) is 0 Å². The van der Waals surface area contributed by atoms with Crippen molar-refractivity contribution >= 4 is 0 Å². The normalized spacial score (nSPS) is 23.0. The van der Waals surface area contributed by atoms with Crippen molar-refractivity contribution in [3.05, 3.63) is 0 Å². The first-order valence-electron chi connectivity index (χ1n) is 6.53. The van der Waals surface area contributed by atoms with Crippen LogP contribution in [0, 0.1) is 5.92 Å². The van der Waals surface area contributed by atoms with Crippen molar-refractivity contribution in [2.75, 3.05) is 6.54 Å².